The van der Waals surface area contributed by atoms with E-state index < -0.39 is 0 Å². The Bertz CT molecular complexity index is 1150. The first-order valence-electron chi connectivity index (χ1n) is 10.8. The Morgan fingerprint density at radius 1 is 1.03 bits per heavy atom. The van der Waals surface area contributed by atoms with E-state index in [4.69, 9.17) is 9.26 Å². The molecule has 0 N–H and O–H groups in total. The topological polar surface area (TPSA) is 66.0 Å². The predicted molar refractivity (Wildman–Crippen MR) is 119 cm³/mol. The molecule has 2 aromatic carbocycles. The lowest BCUT2D eigenvalue weighted by Gasteiger charge is -2.12. The molecule has 4 aromatic rings. The van der Waals surface area contributed by atoms with Gasteiger partial charge in [-0.2, -0.15) is 10.1 Å². The predicted octanol–water partition coefficient (Wildman–Crippen LogP) is 5.36. The van der Waals surface area contributed by atoms with E-state index in [9.17, 15) is 0 Å². The van der Waals surface area contributed by atoms with E-state index in [1.165, 1.54) is 24.0 Å². The number of aryl methyl sites for hydroxylation is 2. The molecule has 0 saturated heterocycles. The molecule has 31 heavy (non-hydrogen) atoms. The molecule has 2 heterocycles. The fourth-order valence-electron chi connectivity index (χ4n) is 4.02. The van der Waals surface area contributed by atoms with Crippen molar-refractivity contribution in [2.45, 2.75) is 45.1 Å². The third kappa shape index (κ3) is 4.38. The summed E-state index contributed by atoms with van der Waals surface area (Å²) in [4.78, 5) is 4.56. The third-order valence-electron chi connectivity index (χ3n) is 5.85. The highest BCUT2D eigenvalue weighted by atomic mass is 16.5. The van der Waals surface area contributed by atoms with E-state index in [2.05, 4.69) is 46.4 Å². The average Bonchev–Trinajstić information content (AvgIpc) is 3.53. The van der Waals surface area contributed by atoms with Crippen LogP contribution in [0.3, 0.4) is 0 Å². The van der Waals surface area contributed by atoms with Gasteiger partial charge in [0.15, 0.2) is 5.69 Å². The Labute approximate surface area is 181 Å². The molecule has 1 aliphatic rings. The molecular weight excluding hydrogens is 388 g/mol. The SMILES string of the molecule is Cc1ccc(Cc2cc(-c3nc(-c4ccc(OC5CCCC5)cc4)no3)nn2C)cc1. The Morgan fingerprint density at radius 3 is 2.52 bits per heavy atom. The monoisotopic (exact) mass is 414 g/mol. The first kappa shape index (κ1) is 19.5. The molecule has 158 valence electrons. The van der Waals surface area contributed by atoms with Crippen LogP contribution in [-0.2, 0) is 13.5 Å². The van der Waals surface area contributed by atoms with E-state index in [0.29, 0.717) is 23.5 Å². The van der Waals surface area contributed by atoms with Gasteiger partial charge in [-0.25, -0.2) is 0 Å². The molecule has 1 aliphatic carbocycles. The third-order valence-corrected chi connectivity index (χ3v) is 5.85. The van der Waals surface area contributed by atoms with Crippen LogP contribution in [0, 0.1) is 6.92 Å². The Balaban J connectivity index is 1.30. The standard InChI is InChI=1S/C25H26N4O2/c1-17-7-9-18(10-8-17)15-20-16-23(27-29(20)2)25-26-24(28-31-25)19-11-13-22(14-12-19)30-21-5-3-4-6-21/h7-14,16,21H,3-6,15H2,1-2H3. The number of hydrogen-bond acceptors (Lipinski definition) is 5. The summed E-state index contributed by atoms with van der Waals surface area (Å²) in [6.07, 6.45) is 5.95. The highest BCUT2D eigenvalue weighted by molar-refractivity contribution is 5.59. The molecule has 1 saturated carbocycles. The number of rotatable bonds is 6. The van der Waals surface area contributed by atoms with Gasteiger partial charge in [0, 0.05) is 24.7 Å². The fourth-order valence-corrected chi connectivity index (χ4v) is 4.02. The van der Waals surface area contributed by atoms with Gasteiger partial charge < -0.3 is 9.26 Å². The van der Waals surface area contributed by atoms with Crippen LogP contribution in [0.1, 0.15) is 42.5 Å². The van der Waals surface area contributed by atoms with Crippen LogP contribution >= 0.6 is 0 Å². The fraction of sp³-hybridized carbons (Fsp3) is 0.320. The van der Waals surface area contributed by atoms with Crippen LogP contribution in [0.15, 0.2) is 59.1 Å². The molecule has 5 rings (SSSR count). The van der Waals surface area contributed by atoms with E-state index in [1.807, 2.05) is 42.1 Å². The molecule has 0 radical (unpaired) electrons. The van der Waals surface area contributed by atoms with E-state index in [0.717, 1.165) is 36.3 Å². The maximum Gasteiger partial charge on any atom is 0.278 e. The lowest BCUT2D eigenvalue weighted by molar-refractivity contribution is 0.210. The first-order chi connectivity index (χ1) is 15.1. The van der Waals surface area contributed by atoms with Crippen molar-refractivity contribution >= 4 is 0 Å². The zero-order valence-electron chi connectivity index (χ0n) is 17.9. The lowest BCUT2D eigenvalue weighted by atomic mass is 10.1. The number of hydrogen-bond donors (Lipinski definition) is 0. The van der Waals surface area contributed by atoms with Crippen molar-refractivity contribution in [2.75, 3.05) is 0 Å². The number of aromatic nitrogens is 4. The van der Waals surface area contributed by atoms with Crippen LogP contribution < -0.4 is 4.74 Å². The second kappa shape index (κ2) is 8.38. The number of benzene rings is 2. The van der Waals surface area contributed by atoms with Crippen LogP contribution in [0.4, 0.5) is 0 Å². The van der Waals surface area contributed by atoms with Gasteiger partial charge in [-0.15, -0.1) is 0 Å². The molecule has 0 bridgehead atoms. The Hall–Kier alpha value is -3.41. The van der Waals surface area contributed by atoms with E-state index in [-0.39, 0.29) is 0 Å². The largest absolute Gasteiger partial charge is 0.490 e. The maximum atomic E-state index is 6.03. The lowest BCUT2D eigenvalue weighted by Crippen LogP contribution is -2.10. The maximum absolute atomic E-state index is 6.03. The first-order valence-corrected chi connectivity index (χ1v) is 10.8. The second-order valence-corrected chi connectivity index (χ2v) is 8.28. The van der Waals surface area contributed by atoms with E-state index in [1.54, 1.807) is 0 Å². The van der Waals surface area contributed by atoms with Gasteiger partial charge in [-0.3, -0.25) is 4.68 Å². The molecule has 1 fully saturated rings. The minimum atomic E-state index is 0.348. The quantitative estimate of drug-likeness (QED) is 0.425. The van der Waals surface area contributed by atoms with Crippen molar-refractivity contribution in [1.82, 2.24) is 19.9 Å². The van der Waals surface area contributed by atoms with Gasteiger partial charge >= 0.3 is 0 Å². The molecular formula is C25H26N4O2. The number of ether oxygens (including phenoxy) is 1. The molecule has 0 atom stereocenters. The summed E-state index contributed by atoms with van der Waals surface area (Å²) in [5.41, 5.74) is 5.17. The minimum absolute atomic E-state index is 0.348. The zero-order valence-corrected chi connectivity index (χ0v) is 17.9. The van der Waals surface area contributed by atoms with Crippen molar-refractivity contribution in [3.63, 3.8) is 0 Å². The normalized spacial score (nSPS) is 14.3. The Kier molecular flexibility index (Phi) is 5.28. The molecule has 0 amide bonds. The molecule has 0 spiro atoms. The Morgan fingerprint density at radius 2 is 1.77 bits per heavy atom. The van der Waals surface area contributed by atoms with Gasteiger partial charge in [0.25, 0.3) is 5.89 Å². The minimum Gasteiger partial charge on any atom is -0.490 e. The molecule has 6 nitrogen and oxygen atoms in total. The molecule has 2 aromatic heterocycles. The van der Waals surface area contributed by atoms with Crippen LogP contribution in [0.25, 0.3) is 23.0 Å². The second-order valence-electron chi connectivity index (χ2n) is 8.28. The van der Waals surface area contributed by atoms with Crippen LogP contribution in [0.5, 0.6) is 5.75 Å². The summed E-state index contributed by atoms with van der Waals surface area (Å²) in [6.45, 7) is 2.09. The van der Waals surface area contributed by atoms with Gasteiger partial charge in [0.05, 0.1) is 6.10 Å². The van der Waals surface area contributed by atoms with Crippen molar-refractivity contribution in [2.24, 2.45) is 7.05 Å². The zero-order chi connectivity index (χ0) is 21.2. The van der Waals surface area contributed by atoms with Gasteiger partial charge in [0.2, 0.25) is 5.82 Å². The van der Waals surface area contributed by atoms with Crippen molar-refractivity contribution in [3.8, 4) is 28.7 Å². The summed E-state index contributed by atoms with van der Waals surface area (Å²) in [7, 11) is 1.94. The van der Waals surface area contributed by atoms with Gasteiger partial charge in [-0.05, 0) is 68.5 Å². The number of nitrogens with zero attached hydrogens (tertiary/aromatic N) is 4. The highest BCUT2D eigenvalue weighted by Crippen LogP contribution is 2.27. The van der Waals surface area contributed by atoms with Gasteiger partial charge in [0.1, 0.15) is 5.75 Å². The summed E-state index contributed by atoms with van der Waals surface area (Å²) < 4.78 is 13.4. The molecule has 0 aliphatic heterocycles. The summed E-state index contributed by atoms with van der Waals surface area (Å²) in [6, 6.07) is 18.5. The van der Waals surface area contributed by atoms with Crippen molar-refractivity contribution < 1.29 is 9.26 Å². The van der Waals surface area contributed by atoms with Crippen LogP contribution in [0.2, 0.25) is 0 Å². The van der Waals surface area contributed by atoms with E-state index >= 15 is 0 Å². The van der Waals surface area contributed by atoms with Crippen molar-refractivity contribution in [1.29, 1.82) is 0 Å². The summed E-state index contributed by atoms with van der Waals surface area (Å²) >= 11 is 0. The highest BCUT2D eigenvalue weighted by Gasteiger charge is 2.18. The average molecular weight is 415 g/mol. The van der Waals surface area contributed by atoms with Crippen LogP contribution in [-0.4, -0.2) is 26.0 Å². The molecule has 6 heteroatoms. The van der Waals surface area contributed by atoms with Gasteiger partial charge in [-0.1, -0.05) is 35.0 Å². The summed E-state index contributed by atoms with van der Waals surface area (Å²) in [5.74, 6) is 1.87. The smallest absolute Gasteiger partial charge is 0.278 e. The van der Waals surface area contributed by atoms with Crippen molar-refractivity contribution in [3.05, 3.63) is 71.4 Å². The molecule has 0 unspecified atom stereocenters. The summed E-state index contributed by atoms with van der Waals surface area (Å²) in [5, 5.41) is 8.73.